The molecule has 3 rings (SSSR count). The number of benzene rings is 1. The van der Waals surface area contributed by atoms with Crippen LogP contribution in [-0.4, -0.2) is 41.3 Å². The summed E-state index contributed by atoms with van der Waals surface area (Å²) in [5.74, 6) is 0.284. The number of pyridine rings is 1. The topological polar surface area (TPSA) is 62.3 Å². The van der Waals surface area contributed by atoms with Crippen molar-refractivity contribution in [3.05, 3.63) is 64.9 Å². The maximum atomic E-state index is 12.4. The predicted molar refractivity (Wildman–Crippen MR) is 96.6 cm³/mol. The predicted octanol–water partition coefficient (Wildman–Crippen LogP) is 3.02. The summed E-state index contributed by atoms with van der Waals surface area (Å²) in [6.07, 6.45) is 5.01. The van der Waals surface area contributed by atoms with Crippen molar-refractivity contribution >= 4 is 23.4 Å². The Hall–Kier alpha value is -2.40. The monoisotopic (exact) mass is 357 g/mol. The molecule has 0 atom stereocenters. The number of carbonyl (C=O) groups excluding carboxylic acids is 2. The standard InChI is InChI=1S/C19H20ClN3O2/c20-17-5-1-3-15(11-17)18(24)22-12-14-6-9-23(10-7-14)19(25)16-4-2-8-21-13-16/h1-5,8,11,13-14H,6-7,9-10,12H2,(H,22,24). The fraction of sp³-hybridized carbons (Fsp3) is 0.316. The molecule has 6 heteroatoms. The first-order valence-electron chi connectivity index (χ1n) is 8.36. The number of amides is 2. The van der Waals surface area contributed by atoms with Crippen LogP contribution in [0.4, 0.5) is 0 Å². The zero-order chi connectivity index (χ0) is 17.6. The number of hydrogen-bond acceptors (Lipinski definition) is 3. The lowest BCUT2D eigenvalue weighted by atomic mass is 9.96. The molecule has 2 amide bonds. The van der Waals surface area contributed by atoms with Crippen molar-refractivity contribution < 1.29 is 9.59 Å². The molecule has 2 heterocycles. The maximum Gasteiger partial charge on any atom is 0.255 e. The highest BCUT2D eigenvalue weighted by atomic mass is 35.5. The number of rotatable bonds is 4. The molecular weight excluding hydrogens is 338 g/mol. The summed E-state index contributed by atoms with van der Waals surface area (Å²) >= 11 is 5.91. The highest BCUT2D eigenvalue weighted by molar-refractivity contribution is 6.30. The van der Waals surface area contributed by atoms with E-state index in [1.54, 1.807) is 48.8 Å². The third-order valence-corrected chi connectivity index (χ3v) is 4.68. The average Bonchev–Trinajstić information content (AvgIpc) is 2.66. The van der Waals surface area contributed by atoms with Gasteiger partial charge in [-0.2, -0.15) is 0 Å². The highest BCUT2D eigenvalue weighted by Gasteiger charge is 2.24. The number of hydrogen-bond donors (Lipinski definition) is 1. The van der Waals surface area contributed by atoms with E-state index in [1.165, 1.54) is 0 Å². The molecule has 0 saturated carbocycles. The normalized spacial score (nSPS) is 15.0. The molecule has 0 unspecified atom stereocenters. The number of nitrogens with one attached hydrogen (secondary N) is 1. The van der Waals surface area contributed by atoms with Crippen LogP contribution in [0.3, 0.4) is 0 Å². The molecule has 1 aliphatic rings. The van der Waals surface area contributed by atoms with Gasteiger partial charge in [0, 0.05) is 42.6 Å². The van der Waals surface area contributed by atoms with Crippen molar-refractivity contribution in [3.8, 4) is 0 Å². The van der Waals surface area contributed by atoms with E-state index in [9.17, 15) is 9.59 Å². The molecule has 1 aliphatic heterocycles. The van der Waals surface area contributed by atoms with Crippen molar-refractivity contribution in [2.45, 2.75) is 12.8 Å². The highest BCUT2D eigenvalue weighted by Crippen LogP contribution is 2.18. The van der Waals surface area contributed by atoms with Gasteiger partial charge in [-0.25, -0.2) is 0 Å². The summed E-state index contributed by atoms with van der Waals surface area (Å²) in [7, 11) is 0. The molecule has 1 saturated heterocycles. The summed E-state index contributed by atoms with van der Waals surface area (Å²) in [5.41, 5.74) is 1.19. The molecular formula is C19H20ClN3O2. The summed E-state index contributed by atoms with van der Waals surface area (Å²) in [6.45, 7) is 2.01. The second-order valence-electron chi connectivity index (χ2n) is 6.20. The molecule has 0 bridgehead atoms. The minimum Gasteiger partial charge on any atom is -0.352 e. The quantitative estimate of drug-likeness (QED) is 0.914. The van der Waals surface area contributed by atoms with Gasteiger partial charge < -0.3 is 10.2 Å². The first-order chi connectivity index (χ1) is 12.1. The van der Waals surface area contributed by atoms with Gasteiger partial charge in [-0.15, -0.1) is 0 Å². The molecule has 1 aromatic carbocycles. The molecule has 0 aliphatic carbocycles. The lowest BCUT2D eigenvalue weighted by molar-refractivity contribution is 0.0684. The van der Waals surface area contributed by atoms with E-state index in [4.69, 9.17) is 11.6 Å². The molecule has 1 N–H and O–H groups in total. The Bertz CT molecular complexity index is 743. The number of likely N-dealkylation sites (tertiary alicyclic amines) is 1. The van der Waals surface area contributed by atoms with Crippen LogP contribution in [0.15, 0.2) is 48.8 Å². The van der Waals surface area contributed by atoms with Gasteiger partial charge in [-0.3, -0.25) is 14.6 Å². The van der Waals surface area contributed by atoms with Crippen LogP contribution in [0.25, 0.3) is 0 Å². The second-order valence-corrected chi connectivity index (χ2v) is 6.63. The molecule has 1 aromatic heterocycles. The van der Waals surface area contributed by atoms with E-state index in [2.05, 4.69) is 10.3 Å². The zero-order valence-electron chi connectivity index (χ0n) is 13.8. The summed E-state index contributed by atoms with van der Waals surface area (Å²) in [6, 6.07) is 10.5. The number of halogens is 1. The lowest BCUT2D eigenvalue weighted by Gasteiger charge is -2.32. The Balaban J connectivity index is 1.46. The average molecular weight is 358 g/mol. The van der Waals surface area contributed by atoms with Crippen LogP contribution in [0, 0.1) is 5.92 Å². The largest absolute Gasteiger partial charge is 0.352 e. The Morgan fingerprint density at radius 1 is 1.16 bits per heavy atom. The Morgan fingerprint density at radius 3 is 2.60 bits per heavy atom. The summed E-state index contributed by atoms with van der Waals surface area (Å²) < 4.78 is 0. The van der Waals surface area contributed by atoms with Crippen LogP contribution in [0.5, 0.6) is 0 Å². The van der Waals surface area contributed by atoms with Gasteiger partial charge in [0.1, 0.15) is 0 Å². The number of carbonyl (C=O) groups is 2. The van der Waals surface area contributed by atoms with Gasteiger partial charge in [0.05, 0.1) is 5.56 Å². The van der Waals surface area contributed by atoms with Gasteiger partial charge >= 0.3 is 0 Å². The molecule has 1 fully saturated rings. The Labute approximate surface area is 152 Å². The van der Waals surface area contributed by atoms with Gasteiger partial charge in [0.15, 0.2) is 0 Å². The van der Waals surface area contributed by atoms with Gasteiger partial charge in [-0.1, -0.05) is 17.7 Å². The number of aromatic nitrogens is 1. The Morgan fingerprint density at radius 2 is 1.92 bits per heavy atom. The van der Waals surface area contributed by atoms with E-state index >= 15 is 0 Å². The van der Waals surface area contributed by atoms with E-state index in [1.807, 2.05) is 4.90 Å². The first-order valence-corrected chi connectivity index (χ1v) is 8.74. The Kier molecular flexibility index (Phi) is 5.66. The van der Waals surface area contributed by atoms with Crippen LogP contribution in [0.1, 0.15) is 33.6 Å². The van der Waals surface area contributed by atoms with Crippen LogP contribution < -0.4 is 5.32 Å². The minimum absolute atomic E-state index is 0.0227. The smallest absolute Gasteiger partial charge is 0.255 e. The van der Waals surface area contributed by atoms with E-state index in [0.717, 1.165) is 12.8 Å². The SMILES string of the molecule is O=C(NCC1CCN(C(=O)c2cccnc2)CC1)c1cccc(Cl)c1. The lowest BCUT2D eigenvalue weighted by Crippen LogP contribution is -2.41. The van der Waals surface area contributed by atoms with Crippen molar-refractivity contribution in [1.29, 1.82) is 0 Å². The molecule has 2 aromatic rings. The maximum absolute atomic E-state index is 12.4. The molecule has 0 radical (unpaired) electrons. The van der Waals surface area contributed by atoms with E-state index in [0.29, 0.717) is 41.7 Å². The summed E-state index contributed by atoms with van der Waals surface area (Å²) in [4.78, 5) is 30.4. The fourth-order valence-corrected chi connectivity index (χ4v) is 3.17. The molecule has 5 nitrogen and oxygen atoms in total. The zero-order valence-corrected chi connectivity index (χ0v) is 14.6. The van der Waals surface area contributed by atoms with Crippen molar-refractivity contribution in [1.82, 2.24) is 15.2 Å². The van der Waals surface area contributed by atoms with Gasteiger partial charge in [0.2, 0.25) is 0 Å². The van der Waals surface area contributed by atoms with Gasteiger partial charge in [-0.05, 0) is 49.1 Å². The van der Waals surface area contributed by atoms with Crippen molar-refractivity contribution in [3.63, 3.8) is 0 Å². The van der Waals surface area contributed by atoms with Crippen molar-refractivity contribution in [2.24, 2.45) is 5.92 Å². The molecule has 25 heavy (non-hydrogen) atoms. The van der Waals surface area contributed by atoms with Crippen LogP contribution in [-0.2, 0) is 0 Å². The summed E-state index contributed by atoms with van der Waals surface area (Å²) in [5, 5.41) is 3.51. The fourth-order valence-electron chi connectivity index (χ4n) is 2.98. The molecule has 0 spiro atoms. The third kappa shape index (κ3) is 4.57. The minimum atomic E-state index is -0.114. The first kappa shape index (κ1) is 17.4. The van der Waals surface area contributed by atoms with E-state index < -0.39 is 0 Å². The van der Waals surface area contributed by atoms with Gasteiger partial charge in [0.25, 0.3) is 11.8 Å². The van der Waals surface area contributed by atoms with Crippen LogP contribution in [0.2, 0.25) is 5.02 Å². The van der Waals surface area contributed by atoms with Crippen molar-refractivity contribution in [2.75, 3.05) is 19.6 Å². The number of nitrogens with zero attached hydrogens (tertiary/aromatic N) is 2. The third-order valence-electron chi connectivity index (χ3n) is 4.45. The van der Waals surface area contributed by atoms with E-state index in [-0.39, 0.29) is 11.8 Å². The number of piperidine rings is 1. The second kappa shape index (κ2) is 8.12. The van der Waals surface area contributed by atoms with Crippen LogP contribution >= 0.6 is 11.6 Å². The molecule has 130 valence electrons.